The summed E-state index contributed by atoms with van der Waals surface area (Å²) >= 11 is 0. The van der Waals surface area contributed by atoms with E-state index in [1.165, 1.54) is 28.4 Å². The van der Waals surface area contributed by atoms with Crippen molar-refractivity contribution in [1.82, 2.24) is 15.2 Å². The van der Waals surface area contributed by atoms with Crippen LogP contribution >= 0.6 is 0 Å². The molecular weight excluding hydrogens is 496 g/mol. The first kappa shape index (κ1) is 26.5. The number of phenolic OH excluding ortho intramolecular Hbond substituents is 1. The Morgan fingerprint density at radius 3 is 2.33 bits per heavy atom. The number of nitrogens with zero attached hydrogens (tertiary/aromatic N) is 2. The third kappa shape index (κ3) is 5.01. The fraction of sp³-hybridized carbons (Fsp3) is 0.400. The Kier molecular flexibility index (Phi) is 7.41. The van der Waals surface area contributed by atoms with Gasteiger partial charge in [-0.15, -0.1) is 0 Å². The maximum absolute atomic E-state index is 14.4. The fourth-order valence-corrected chi connectivity index (χ4v) is 6.03. The number of carbonyl (C=O) groups excluding carboxylic acids is 3. The molecule has 1 aliphatic carbocycles. The Morgan fingerprint density at radius 1 is 1.10 bits per heavy atom. The van der Waals surface area contributed by atoms with Gasteiger partial charge in [-0.05, 0) is 47.9 Å². The molecule has 1 unspecified atom stereocenters. The van der Waals surface area contributed by atoms with Crippen molar-refractivity contribution in [3.63, 3.8) is 0 Å². The number of hydrogen-bond donors (Lipinski definition) is 3. The Balaban J connectivity index is 1.57. The number of benzene rings is 2. The van der Waals surface area contributed by atoms with Crippen LogP contribution in [0.4, 0.5) is 5.69 Å². The maximum atomic E-state index is 14.4. The van der Waals surface area contributed by atoms with Gasteiger partial charge in [-0.3, -0.25) is 14.4 Å². The number of aromatic nitrogens is 1. The lowest BCUT2D eigenvalue weighted by Crippen LogP contribution is -2.68. The summed E-state index contributed by atoms with van der Waals surface area (Å²) in [4.78, 5) is 48.0. The minimum Gasteiger partial charge on any atom is -0.506 e. The minimum atomic E-state index is -1.24. The molecule has 1 saturated heterocycles. The number of para-hydroxylation sites is 2. The Bertz CT molecular complexity index is 1360. The van der Waals surface area contributed by atoms with Gasteiger partial charge in [0.2, 0.25) is 11.8 Å². The highest BCUT2D eigenvalue weighted by molar-refractivity contribution is 6.03. The number of amides is 3. The molecule has 9 nitrogen and oxygen atoms in total. The van der Waals surface area contributed by atoms with E-state index in [2.05, 4.69) is 27.8 Å². The Morgan fingerprint density at radius 2 is 1.74 bits per heavy atom. The van der Waals surface area contributed by atoms with E-state index in [0.29, 0.717) is 31.6 Å². The quantitative estimate of drug-likeness (QED) is 0.379. The smallest absolute Gasteiger partial charge is 0.253 e. The zero-order valence-corrected chi connectivity index (χ0v) is 22.4. The van der Waals surface area contributed by atoms with Crippen LogP contribution in [0.2, 0.25) is 0 Å². The van der Waals surface area contributed by atoms with E-state index in [0.717, 1.165) is 0 Å². The van der Waals surface area contributed by atoms with E-state index < -0.39 is 24.0 Å². The molecular formula is C30H34N4O5. The molecule has 3 aromatic rings. The van der Waals surface area contributed by atoms with Gasteiger partial charge in [0, 0.05) is 6.92 Å². The highest BCUT2D eigenvalue weighted by Crippen LogP contribution is 2.37. The maximum Gasteiger partial charge on any atom is 0.253 e. The molecule has 1 aliphatic heterocycles. The van der Waals surface area contributed by atoms with Crippen molar-refractivity contribution in [3.8, 4) is 5.75 Å². The van der Waals surface area contributed by atoms with Gasteiger partial charge in [0.15, 0.2) is 11.9 Å². The van der Waals surface area contributed by atoms with Crippen LogP contribution in [0.1, 0.15) is 55.4 Å². The summed E-state index contributed by atoms with van der Waals surface area (Å²) in [7, 11) is 0. The molecule has 1 aromatic heterocycles. The van der Waals surface area contributed by atoms with Gasteiger partial charge in [-0.1, -0.05) is 63.1 Å². The van der Waals surface area contributed by atoms with Gasteiger partial charge >= 0.3 is 0 Å². The van der Waals surface area contributed by atoms with Crippen molar-refractivity contribution >= 4 is 23.4 Å². The van der Waals surface area contributed by atoms with Crippen LogP contribution in [0, 0.1) is 18.8 Å². The number of aromatic hydroxyl groups is 1. The largest absolute Gasteiger partial charge is 0.506 e. The number of carbonyl (C=O) groups is 3. The lowest BCUT2D eigenvalue weighted by molar-refractivity contribution is -0.159. The van der Waals surface area contributed by atoms with Crippen molar-refractivity contribution in [1.29, 1.82) is 0 Å². The zero-order chi connectivity index (χ0) is 27.7. The van der Waals surface area contributed by atoms with Crippen LogP contribution < -0.4 is 10.6 Å². The highest BCUT2D eigenvalue weighted by Gasteiger charge is 2.51. The van der Waals surface area contributed by atoms with Crippen molar-refractivity contribution in [2.75, 3.05) is 5.32 Å². The van der Waals surface area contributed by atoms with Crippen LogP contribution in [-0.4, -0.2) is 44.8 Å². The predicted octanol–water partition coefficient (Wildman–Crippen LogP) is 3.92. The topological polar surface area (TPSA) is 125 Å². The SMILES string of the molecule is CCC(CC)[C@@H]1C(=O)N[C@H](C2Cc3ccccc3C2)C(=O)N1C(C(=O)Nc1ccccc1O)c1coc(C)n1. The van der Waals surface area contributed by atoms with Crippen LogP contribution in [0.5, 0.6) is 5.75 Å². The lowest BCUT2D eigenvalue weighted by atomic mass is 9.84. The van der Waals surface area contributed by atoms with Gasteiger partial charge in [0.25, 0.3) is 5.91 Å². The zero-order valence-electron chi connectivity index (χ0n) is 22.4. The monoisotopic (exact) mass is 530 g/mol. The minimum absolute atomic E-state index is 0.109. The first-order valence-electron chi connectivity index (χ1n) is 13.5. The van der Waals surface area contributed by atoms with Gasteiger partial charge in [-0.2, -0.15) is 0 Å². The number of nitrogens with one attached hydrogen (secondary N) is 2. The highest BCUT2D eigenvalue weighted by atomic mass is 16.3. The molecule has 3 atom stereocenters. The predicted molar refractivity (Wildman–Crippen MR) is 145 cm³/mol. The Labute approximate surface area is 227 Å². The van der Waals surface area contributed by atoms with E-state index >= 15 is 0 Å². The van der Waals surface area contributed by atoms with Crippen LogP contribution in [0.15, 0.2) is 59.2 Å². The van der Waals surface area contributed by atoms with Crippen molar-refractivity contribution < 1.29 is 23.9 Å². The Hall–Kier alpha value is -4.14. The molecule has 0 bridgehead atoms. The molecule has 3 N–H and O–H groups in total. The van der Waals surface area contributed by atoms with Crippen molar-refractivity contribution in [3.05, 3.63) is 77.5 Å². The summed E-state index contributed by atoms with van der Waals surface area (Å²) in [5.74, 6) is -1.26. The summed E-state index contributed by atoms with van der Waals surface area (Å²) in [6, 6.07) is 11.5. The fourth-order valence-electron chi connectivity index (χ4n) is 6.03. The average Bonchev–Trinajstić information content (AvgIpc) is 3.55. The van der Waals surface area contributed by atoms with E-state index in [9.17, 15) is 19.5 Å². The van der Waals surface area contributed by atoms with Crippen LogP contribution in [0.25, 0.3) is 0 Å². The third-order valence-electron chi connectivity index (χ3n) is 8.04. The van der Waals surface area contributed by atoms with Crippen LogP contribution in [-0.2, 0) is 27.2 Å². The summed E-state index contributed by atoms with van der Waals surface area (Å²) in [6.45, 7) is 5.60. The molecule has 2 aromatic carbocycles. The number of hydrogen-bond acceptors (Lipinski definition) is 6. The summed E-state index contributed by atoms with van der Waals surface area (Å²) < 4.78 is 5.46. The normalized spacial score (nSPS) is 20.2. The number of rotatable bonds is 8. The number of phenols is 1. The molecule has 0 saturated carbocycles. The van der Waals surface area contributed by atoms with Crippen molar-refractivity contribution in [2.45, 2.75) is 64.6 Å². The number of anilines is 1. The number of fused-ring (bicyclic) bond motifs is 1. The second kappa shape index (κ2) is 10.9. The third-order valence-corrected chi connectivity index (χ3v) is 8.04. The summed E-state index contributed by atoms with van der Waals surface area (Å²) in [5, 5.41) is 16.1. The number of piperazine rings is 1. The molecule has 0 radical (unpaired) electrons. The molecule has 0 spiro atoms. The second-order valence-corrected chi connectivity index (χ2v) is 10.4. The van der Waals surface area contributed by atoms with Crippen molar-refractivity contribution in [2.24, 2.45) is 11.8 Å². The van der Waals surface area contributed by atoms with Gasteiger partial charge < -0.3 is 25.1 Å². The standard InChI is InChI=1S/C30H34N4O5/c1-4-18(5-2)26-28(36)33-25(21-14-19-10-6-7-11-20(19)15-21)30(38)34(26)27(23-16-39-17(3)31-23)29(37)32-22-12-8-9-13-24(22)35/h6-13,16,18,21,25-27,35H,4-5,14-15H2,1-3H3,(H,32,37)(H,33,36)/t25-,26-,27?/m1/s1. The molecule has 39 heavy (non-hydrogen) atoms. The molecule has 5 rings (SSSR count). The summed E-state index contributed by atoms with van der Waals surface area (Å²) in [5.41, 5.74) is 2.76. The summed E-state index contributed by atoms with van der Waals surface area (Å²) in [6.07, 6.45) is 3.96. The molecule has 2 aliphatic rings. The molecule has 9 heteroatoms. The second-order valence-electron chi connectivity index (χ2n) is 10.4. The van der Waals surface area contributed by atoms with Crippen LogP contribution in [0.3, 0.4) is 0 Å². The average molecular weight is 531 g/mol. The number of aryl methyl sites for hydroxylation is 1. The first-order chi connectivity index (χ1) is 18.8. The lowest BCUT2D eigenvalue weighted by Gasteiger charge is -2.46. The number of oxazole rings is 1. The molecule has 3 amide bonds. The molecule has 204 valence electrons. The molecule has 1 fully saturated rings. The van der Waals surface area contributed by atoms with E-state index in [1.807, 2.05) is 26.0 Å². The van der Waals surface area contributed by atoms with E-state index in [-0.39, 0.29) is 40.8 Å². The first-order valence-corrected chi connectivity index (χ1v) is 13.5. The van der Waals surface area contributed by atoms with Gasteiger partial charge in [0.1, 0.15) is 29.8 Å². The molecule has 2 heterocycles. The van der Waals surface area contributed by atoms with Gasteiger partial charge in [-0.25, -0.2) is 4.98 Å². The van der Waals surface area contributed by atoms with E-state index in [4.69, 9.17) is 4.42 Å². The van der Waals surface area contributed by atoms with Gasteiger partial charge in [0.05, 0.1) is 5.69 Å². The van der Waals surface area contributed by atoms with E-state index in [1.54, 1.807) is 25.1 Å².